The number of hydrogen-bond donors (Lipinski definition) is 0. The second-order valence-electron chi connectivity index (χ2n) is 6.00. The fourth-order valence-electron chi connectivity index (χ4n) is 3.12. The number of carbonyl (C=O) groups excluding carboxylic acids is 1. The number of carbonyl (C=O) groups is 1. The van der Waals surface area contributed by atoms with Crippen LogP contribution < -0.4 is 0 Å². The van der Waals surface area contributed by atoms with Crippen LogP contribution in [-0.2, 0) is 11.3 Å². The van der Waals surface area contributed by atoms with Gasteiger partial charge in [-0.05, 0) is 25.3 Å². The summed E-state index contributed by atoms with van der Waals surface area (Å²) in [6.45, 7) is 4.43. The number of rotatable bonds is 4. The van der Waals surface area contributed by atoms with Crippen molar-refractivity contribution in [1.29, 1.82) is 0 Å². The van der Waals surface area contributed by atoms with Gasteiger partial charge >= 0.3 is 0 Å². The first-order valence-corrected chi connectivity index (χ1v) is 7.89. The van der Waals surface area contributed by atoms with E-state index in [9.17, 15) is 4.79 Å². The Morgan fingerprint density at radius 2 is 2.32 bits per heavy atom. The van der Waals surface area contributed by atoms with E-state index in [1.54, 1.807) is 11.0 Å². The molecule has 0 aliphatic carbocycles. The van der Waals surface area contributed by atoms with E-state index in [1.807, 2.05) is 4.90 Å². The molecule has 1 amide bonds. The third kappa shape index (κ3) is 3.53. The first-order chi connectivity index (χ1) is 10.7. The third-order valence-corrected chi connectivity index (χ3v) is 4.31. The number of aromatic nitrogens is 3. The average Bonchev–Trinajstić information content (AvgIpc) is 3.06. The largest absolute Gasteiger partial charge is 0.342 e. The molecule has 0 bridgehead atoms. The third-order valence-electron chi connectivity index (χ3n) is 4.31. The highest BCUT2D eigenvalue weighted by Gasteiger charge is 2.24. The van der Waals surface area contributed by atoms with E-state index in [2.05, 4.69) is 41.3 Å². The Morgan fingerprint density at radius 3 is 3.09 bits per heavy atom. The van der Waals surface area contributed by atoms with Crippen molar-refractivity contribution in [1.82, 2.24) is 19.7 Å². The summed E-state index contributed by atoms with van der Waals surface area (Å²) in [5.41, 5.74) is 2.64. The molecular formula is C17H22N4O. The van der Waals surface area contributed by atoms with Gasteiger partial charge in [0.15, 0.2) is 0 Å². The number of piperidine rings is 1. The van der Waals surface area contributed by atoms with Crippen LogP contribution in [0.2, 0.25) is 0 Å². The molecule has 1 aromatic carbocycles. The van der Waals surface area contributed by atoms with Gasteiger partial charge in [0.2, 0.25) is 5.91 Å². The van der Waals surface area contributed by atoms with Crippen LogP contribution in [0.5, 0.6) is 0 Å². The summed E-state index contributed by atoms with van der Waals surface area (Å²) in [6, 6.07) is 8.65. The molecule has 1 atom stereocenters. The van der Waals surface area contributed by atoms with Crippen LogP contribution in [0, 0.1) is 6.92 Å². The van der Waals surface area contributed by atoms with Gasteiger partial charge in [-0.15, -0.1) is 0 Å². The van der Waals surface area contributed by atoms with Crippen LogP contribution >= 0.6 is 0 Å². The SMILES string of the molecule is Cc1cccc([C@H]2CCCN(C(=O)CCn3cncn3)C2)c1. The van der Waals surface area contributed by atoms with Gasteiger partial charge < -0.3 is 4.90 Å². The van der Waals surface area contributed by atoms with Crippen LogP contribution in [0.3, 0.4) is 0 Å². The smallest absolute Gasteiger partial charge is 0.224 e. The molecule has 1 aliphatic heterocycles. The van der Waals surface area contributed by atoms with Crippen LogP contribution in [0.1, 0.15) is 36.3 Å². The number of nitrogens with zero attached hydrogens (tertiary/aromatic N) is 4. The zero-order chi connectivity index (χ0) is 15.4. The Morgan fingerprint density at radius 1 is 1.41 bits per heavy atom. The molecule has 116 valence electrons. The van der Waals surface area contributed by atoms with Gasteiger partial charge in [-0.25, -0.2) is 4.98 Å². The Hall–Kier alpha value is -2.17. The van der Waals surface area contributed by atoms with Crippen molar-refractivity contribution in [3.8, 4) is 0 Å². The molecule has 1 fully saturated rings. The summed E-state index contributed by atoms with van der Waals surface area (Å²) >= 11 is 0. The summed E-state index contributed by atoms with van der Waals surface area (Å²) in [5.74, 6) is 0.678. The van der Waals surface area contributed by atoms with Gasteiger partial charge in [0.25, 0.3) is 0 Å². The van der Waals surface area contributed by atoms with Crippen molar-refractivity contribution in [2.75, 3.05) is 13.1 Å². The molecule has 0 radical (unpaired) electrons. The monoisotopic (exact) mass is 298 g/mol. The molecule has 1 aromatic heterocycles. The van der Waals surface area contributed by atoms with Crippen molar-refractivity contribution >= 4 is 5.91 Å². The quantitative estimate of drug-likeness (QED) is 0.871. The van der Waals surface area contributed by atoms with Crippen molar-refractivity contribution < 1.29 is 4.79 Å². The van der Waals surface area contributed by atoms with E-state index in [0.717, 1.165) is 25.9 Å². The number of hydrogen-bond acceptors (Lipinski definition) is 3. The van der Waals surface area contributed by atoms with Crippen LogP contribution in [-0.4, -0.2) is 38.7 Å². The summed E-state index contributed by atoms with van der Waals surface area (Å²) in [7, 11) is 0. The molecule has 1 aliphatic rings. The normalized spacial score (nSPS) is 18.4. The molecule has 3 rings (SSSR count). The lowest BCUT2D eigenvalue weighted by Gasteiger charge is -2.33. The minimum atomic E-state index is 0.216. The lowest BCUT2D eigenvalue weighted by molar-refractivity contribution is -0.132. The van der Waals surface area contributed by atoms with Crippen molar-refractivity contribution in [3.05, 3.63) is 48.0 Å². The fourth-order valence-corrected chi connectivity index (χ4v) is 3.12. The molecule has 22 heavy (non-hydrogen) atoms. The Labute approximate surface area is 131 Å². The Kier molecular flexibility index (Phi) is 4.51. The van der Waals surface area contributed by atoms with E-state index in [0.29, 0.717) is 18.9 Å². The number of amides is 1. The standard InChI is InChI=1S/C17H22N4O/c1-14-4-2-5-15(10-14)16-6-3-8-20(11-16)17(22)7-9-21-13-18-12-19-21/h2,4-5,10,12-13,16H,3,6-9,11H2,1H3/t16-/m0/s1. The van der Waals surface area contributed by atoms with Crippen LogP contribution in [0.4, 0.5) is 0 Å². The molecule has 2 aromatic rings. The maximum absolute atomic E-state index is 12.4. The van der Waals surface area contributed by atoms with Gasteiger partial charge in [0.1, 0.15) is 12.7 Å². The highest BCUT2D eigenvalue weighted by atomic mass is 16.2. The molecule has 5 heteroatoms. The maximum atomic E-state index is 12.4. The maximum Gasteiger partial charge on any atom is 0.224 e. The van der Waals surface area contributed by atoms with Crippen molar-refractivity contribution in [3.63, 3.8) is 0 Å². The molecule has 0 saturated carbocycles. The molecule has 0 spiro atoms. The summed E-state index contributed by atoms with van der Waals surface area (Å²) in [4.78, 5) is 18.3. The van der Waals surface area contributed by atoms with E-state index < -0.39 is 0 Å². The first-order valence-electron chi connectivity index (χ1n) is 7.89. The second-order valence-corrected chi connectivity index (χ2v) is 6.00. The predicted molar refractivity (Wildman–Crippen MR) is 84.4 cm³/mol. The van der Waals surface area contributed by atoms with E-state index in [4.69, 9.17) is 0 Å². The Balaban J connectivity index is 1.59. The molecule has 0 unspecified atom stereocenters. The topological polar surface area (TPSA) is 51.0 Å². The first kappa shape index (κ1) is 14.8. The lowest BCUT2D eigenvalue weighted by Crippen LogP contribution is -2.39. The van der Waals surface area contributed by atoms with E-state index in [-0.39, 0.29) is 5.91 Å². The zero-order valence-corrected chi connectivity index (χ0v) is 13.0. The summed E-state index contributed by atoms with van der Waals surface area (Å²) in [5, 5.41) is 4.04. The fraction of sp³-hybridized carbons (Fsp3) is 0.471. The van der Waals surface area contributed by atoms with E-state index >= 15 is 0 Å². The zero-order valence-electron chi connectivity index (χ0n) is 13.0. The van der Waals surface area contributed by atoms with Gasteiger partial charge in [0, 0.05) is 25.4 Å². The average molecular weight is 298 g/mol. The van der Waals surface area contributed by atoms with Crippen molar-refractivity contribution in [2.24, 2.45) is 0 Å². The van der Waals surface area contributed by atoms with E-state index in [1.165, 1.54) is 17.5 Å². The molecule has 2 heterocycles. The van der Waals surface area contributed by atoms with Crippen molar-refractivity contribution in [2.45, 2.75) is 38.6 Å². The molecule has 0 N–H and O–H groups in total. The molecular weight excluding hydrogens is 276 g/mol. The molecule has 5 nitrogen and oxygen atoms in total. The highest BCUT2D eigenvalue weighted by Crippen LogP contribution is 2.27. The predicted octanol–water partition coefficient (Wildman–Crippen LogP) is 2.38. The minimum absolute atomic E-state index is 0.216. The minimum Gasteiger partial charge on any atom is -0.342 e. The van der Waals surface area contributed by atoms with Crippen LogP contribution in [0.25, 0.3) is 0 Å². The highest BCUT2D eigenvalue weighted by molar-refractivity contribution is 5.76. The van der Waals surface area contributed by atoms with Gasteiger partial charge in [-0.2, -0.15) is 5.10 Å². The summed E-state index contributed by atoms with van der Waals surface area (Å²) in [6.07, 6.45) is 5.88. The second kappa shape index (κ2) is 6.73. The van der Waals surface area contributed by atoms with Crippen LogP contribution in [0.15, 0.2) is 36.9 Å². The number of likely N-dealkylation sites (tertiary alicyclic amines) is 1. The summed E-state index contributed by atoms with van der Waals surface area (Å²) < 4.78 is 1.71. The molecule has 1 saturated heterocycles. The Bertz CT molecular complexity index is 623. The van der Waals surface area contributed by atoms with Gasteiger partial charge in [-0.3, -0.25) is 9.48 Å². The number of aryl methyl sites for hydroxylation is 2. The number of benzene rings is 1. The van der Waals surface area contributed by atoms with Gasteiger partial charge in [0.05, 0.1) is 6.54 Å². The lowest BCUT2D eigenvalue weighted by atomic mass is 9.89. The van der Waals surface area contributed by atoms with Gasteiger partial charge in [-0.1, -0.05) is 29.8 Å².